The minimum Gasteiger partial charge on any atom is -0.298 e. The molecule has 0 spiro atoms. The molecule has 0 N–H and O–H groups in total. The summed E-state index contributed by atoms with van der Waals surface area (Å²) >= 11 is 0. The maximum absolute atomic E-state index is 4.66. The minimum atomic E-state index is 0.830. The van der Waals surface area contributed by atoms with Crippen LogP contribution < -0.4 is 4.48 Å². The molecule has 0 amide bonds. The van der Waals surface area contributed by atoms with Crippen molar-refractivity contribution >= 4 is 28.7 Å². The van der Waals surface area contributed by atoms with Gasteiger partial charge in [0.2, 0.25) is 0 Å². The molecule has 110 valence electrons. The molecular weight excluding hydrogens is 268 g/mol. The Kier molecular flexibility index (Phi) is 3.78. The number of para-hydroxylation sites is 1. The van der Waals surface area contributed by atoms with Crippen LogP contribution in [0.2, 0.25) is 0 Å². The standard InChI is InChI=1S/C20H21N2/c1-22(2,3)19-14-9-16(10-15-19)8-12-18-13-11-17-6-4-5-7-20(17)21-18/h4-15H,1-3H3/q+1/b12-8+. The van der Waals surface area contributed by atoms with Gasteiger partial charge in [-0.25, -0.2) is 4.98 Å². The summed E-state index contributed by atoms with van der Waals surface area (Å²) in [5.41, 5.74) is 4.49. The highest BCUT2D eigenvalue weighted by Crippen LogP contribution is 2.19. The van der Waals surface area contributed by atoms with Crippen molar-refractivity contribution in [2.24, 2.45) is 0 Å². The third-order valence-corrected chi connectivity index (χ3v) is 3.73. The summed E-state index contributed by atoms with van der Waals surface area (Å²) in [4.78, 5) is 4.66. The molecule has 0 fully saturated rings. The van der Waals surface area contributed by atoms with E-state index in [0.717, 1.165) is 15.7 Å². The quantitative estimate of drug-likeness (QED) is 0.642. The average molecular weight is 289 g/mol. The summed E-state index contributed by atoms with van der Waals surface area (Å²) in [5.74, 6) is 0. The van der Waals surface area contributed by atoms with Crippen LogP contribution in [0, 0.1) is 0 Å². The topological polar surface area (TPSA) is 12.9 Å². The van der Waals surface area contributed by atoms with Gasteiger partial charge in [-0.1, -0.05) is 30.3 Å². The van der Waals surface area contributed by atoms with Crippen molar-refractivity contribution < 1.29 is 0 Å². The van der Waals surface area contributed by atoms with Crippen molar-refractivity contribution in [2.75, 3.05) is 21.1 Å². The minimum absolute atomic E-state index is 0.830. The first-order valence-electron chi connectivity index (χ1n) is 7.48. The Morgan fingerprint density at radius 3 is 2.23 bits per heavy atom. The first kappa shape index (κ1) is 14.5. The molecule has 0 aliphatic rings. The Hall–Kier alpha value is -2.45. The Balaban J connectivity index is 1.83. The Morgan fingerprint density at radius 1 is 0.773 bits per heavy atom. The predicted octanol–water partition coefficient (Wildman–Crippen LogP) is 4.60. The highest BCUT2D eigenvalue weighted by molar-refractivity contribution is 5.80. The van der Waals surface area contributed by atoms with Gasteiger partial charge in [-0.15, -0.1) is 0 Å². The molecule has 0 radical (unpaired) electrons. The molecule has 0 saturated carbocycles. The van der Waals surface area contributed by atoms with Gasteiger partial charge in [-0.05, 0) is 48.0 Å². The largest absolute Gasteiger partial charge is 0.298 e. The molecule has 0 aliphatic heterocycles. The van der Waals surface area contributed by atoms with Crippen LogP contribution in [-0.2, 0) is 0 Å². The van der Waals surface area contributed by atoms with Crippen LogP contribution in [-0.4, -0.2) is 26.1 Å². The fraction of sp³-hybridized carbons (Fsp3) is 0.150. The van der Waals surface area contributed by atoms with Gasteiger partial charge in [-0.2, -0.15) is 0 Å². The van der Waals surface area contributed by atoms with E-state index < -0.39 is 0 Å². The Morgan fingerprint density at radius 2 is 1.50 bits per heavy atom. The molecule has 2 heteroatoms. The Bertz CT molecular complexity index is 809. The molecule has 0 aliphatic carbocycles. The molecular formula is C20H21N2+. The van der Waals surface area contributed by atoms with Gasteiger partial charge in [0.15, 0.2) is 0 Å². The zero-order valence-corrected chi connectivity index (χ0v) is 13.3. The van der Waals surface area contributed by atoms with Crippen LogP contribution in [0.1, 0.15) is 11.3 Å². The van der Waals surface area contributed by atoms with E-state index in [1.807, 2.05) is 18.2 Å². The third-order valence-electron chi connectivity index (χ3n) is 3.73. The van der Waals surface area contributed by atoms with Gasteiger partial charge >= 0.3 is 0 Å². The van der Waals surface area contributed by atoms with E-state index in [2.05, 4.69) is 80.7 Å². The van der Waals surface area contributed by atoms with Crippen LogP contribution in [0.25, 0.3) is 23.1 Å². The maximum atomic E-state index is 4.66. The van der Waals surface area contributed by atoms with Crippen molar-refractivity contribution in [3.63, 3.8) is 0 Å². The van der Waals surface area contributed by atoms with Crippen LogP contribution >= 0.6 is 0 Å². The second kappa shape index (κ2) is 5.74. The van der Waals surface area contributed by atoms with Crippen LogP contribution in [0.4, 0.5) is 5.69 Å². The van der Waals surface area contributed by atoms with E-state index in [0.29, 0.717) is 0 Å². The lowest BCUT2D eigenvalue weighted by molar-refractivity contribution is 0.486. The van der Waals surface area contributed by atoms with Crippen molar-refractivity contribution in [1.29, 1.82) is 0 Å². The van der Waals surface area contributed by atoms with Crippen LogP contribution in [0.3, 0.4) is 0 Å². The fourth-order valence-corrected chi connectivity index (χ4v) is 2.39. The van der Waals surface area contributed by atoms with Crippen molar-refractivity contribution in [2.45, 2.75) is 0 Å². The molecule has 2 nitrogen and oxygen atoms in total. The van der Waals surface area contributed by atoms with Crippen LogP contribution in [0.15, 0.2) is 60.7 Å². The summed E-state index contributed by atoms with van der Waals surface area (Å²) in [6, 6.07) is 21.0. The van der Waals surface area contributed by atoms with Crippen LogP contribution in [0.5, 0.6) is 0 Å². The van der Waals surface area contributed by atoms with E-state index in [4.69, 9.17) is 0 Å². The highest BCUT2D eigenvalue weighted by atomic mass is 15.3. The second-order valence-electron chi connectivity index (χ2n) is 6.37. The van der Waals surface area contributed by atoms with E-state index in [1.54, 1.807) is 0 Å². The smallest absolute Gasteiger partial charge is 0.132 e. The number of hydrogen-bond donors (Lipinski definition) is 0. The molecule has 0 saturated heterocycles. The number of quaternary nitrogens is 1. The summed E-state index contributed by atoms with van der Waals surface area (Å²) in [7, 11) is 6.51. The zero-order chi connectivity index (χ0) is 15.6. The average Bonchev–Trinajstić information content (AvgIpc) is 2.52. The SMILES string of the molecule is C[N+](C)(C)c1ccc(/C=C/c2ccc3ccccc3n2)cc1. The summed E-state index contributed by atoms with van der Waals surface area (Å²) < 4.78 is 0.830. The number of aromatic nitrogens is 1. The maximum Gasteiger partial charge on any atom is 0.132 e. The zero-order valence-electron chi connectivity index (χ0n) is 13.3. The van der Waals surface area contributed by atoms with E-state index in [1.165, 1.54) is 16.6 Å². The molecule has 2 aromatic carbocycles. The fourth-order valence-electron chi connectivity index (χ4n) is 2.39. The molecule has 0 bridgehead atoms. The summed E-state index contributed by atoms with van der Waals surface area (Å²) in [6.07, 6.45) is 4.17. The van der Waals surface area contributed by atoms with Gasteiger partial charge < -0.3 is 0 Å². The number of fused-ring (bicyclic) bond motifs is 1. The molecule has 0 atom stereocenters. The van der Waals surface area contributed by atoms with Gasteiger partial charge in [0, 0.05) is 5.39 Å². The van der Waals surface area contributed by atoms with Gasteiger partial charge in [-0.3, -0.25) is 4.48 Å². The van der Waals surface area contributed by atoms with Gasteiger partial charge in [0.05, 0.1) is 32.4 Å². The lowest BCUT2D eigenvalue weighted by atomic mass is 10.1. The molecule has 3 aromatic rings. The normalized spacial score (nSPS) is 12.1. The van der Waals surface area contributed by atoms with E-state index >= 15 is 0 Å². The number of nitrogens with zero attached hydrogens (tertiary/aromatic N) is 2. The molecule has 1 heterocycles. The van der Waals surface area contributed by atoms with E-state index in [9.17, 15) is 0 Å². The first-order chi connectivity index (χ1) is 10.5. The van der Waals surface area contributed by atoms with Gasteiger partial charge in [0.1, 0.15) is 5.69 Å². The monoisotopic (exact) mass is 289 g/mol. The Labute approximate surface area is 131 Å². The highest BCUT2D eigenvalue weighted by Gasteiger charge is 2.10. The third kappa shape index (κ3) is 3.23. The van der Waals surface area contributed by atoms with Crippen molar-refractivity contribution in [3.8, 4) is 0 Å². The summed E-state index contributed by atoms with van der Waals surface area (Å²) in [6.45, 7) is 0. The second-order valence-corrected chi connectivity index (χ2v) is 6.37. The number of pyridine rings is 1. The number of rotatable bonds is 3. The molecule has 0 unspecified atom stereocenters. The lowest BCUT2D eigenvalue weighted by Crippen LogP contribution is -2.34. The van der Waals surface area contributed by atoms with Crippen molar-refractivity contribution in [3.05, 3.63) is 71.9 Å². The lowest BCUT2D eigenvalue weighted by Gasteiger charge is -2.23. The number of benzene rings is 2. The molecule has 1 aromatic heterocycles. The first-order valence-corrected chi connectivity index (χ1v) is 7.48. The molecule has 22 heavy (non-hydrogen) atoms. The molecule has 3 rings (SSSR count). The van der Waals surface area contributed by atoms with E-state index in [-0.39, 0.29) is 0 Å². The van der Waals surface area contributed by atoms with Crippen molar-refractivity contribution in [1.82, 2.24) is 9.47 Å². The summed E-state index contributed by atoms with van der Waals surface area (Å²) in [5, 5.41) is 1.17. The van der Waals surface area contributed by atoms with Gasteiger partial charge in [0.25, 0.3) is 0 Å². The number of hydrogen-bond acceptors (Lipinski definition) is 1. The predicted molar refractivity (Wildman–Crippen MR) is 96.7 cm³/mol.